The van der Waals surface area contributed by atoms with Crippen molar-refractivity contribution in [2.45, 2.75) is 19.9 Å². The fourth-order valence-electron chi connectivity index (χ4n) is 2.42. The van der Waals surface area contributed by atoms with E-state index in [0.29, 0.717) is 34.9 Å². The second kappa shape index (κ2) is 7.65. The maximum absolute atomic E-state index is 12.2. The van der Waals surface area contributed by atoms with Gasteiger partial charge in [-0.15, -0.1) is 0 Å². The van der Waals surface area contributed by atoms with Crippen LogP contribution in [-0.2, 0) is 16.1 Å². The lowest BCUT2D eigenvalue weighted by molar-refractivity contribution is -0.121. The molecular formula is C18H17BrN2O4. The van der Waals surface area contributed by atoms with Gasteiger partial charge in [-0.2, -0.15) is 0 Å². The predicted octanol–water partition coefficient (Wildman–Crippen LogP) is 3.34. The van der Waals surface area contributed by atoms with Gasteiger partial charge in [-0.05, 0) is 52.2 Å². The van der Waals surface area contributed by atoms with Crippen molar-refractivity contribution >= 4 is 33.6 Å². The molecule has 3 rings (SSSR count). The van der Waals surface area contributed by atoms with E-state index >= 15 is 0 Å². The molecule has 1 aliphatic rings. The summed E-state index contributed by atoms with van der Waals surface area (Å²) in [6.07, 6.45) is 0.783. The first-order valence-electron chi connectivity index (χ1n) is 7.94. The number of pyridine rings is 1. The van der Waals surface area contributed by atoms with Crippen LogP contribution in [0.4, 0.5) is 5.82 Å². The summed E-state index contributed by atoms with van der Waals surface area (Å²) >= 11 is 3.31. The molecular weight excluding hydrogens is 388 g/mol. The first-order valence-corrected chi connectivity index (χ1v) is 8.73. The van der Waals surface area contributed by atoms with Crippen molar-refractivity contribution in [3.8, 4) is 5.75 Å². The van der Waals surface area contributed by atoms with Gasteiger partial charge >= 0.3 is 5.97 Å². The van der Waals surface area contributed by atoms with Crippen molar-refractivity contribution in [3.05, 3.63) is 52.1 Å². The number of carbonyl (C=O) groups excluding carboxylic acids is 2. The third-order valence-corrected chi connectivity index (χ3v) is 4.12. The van der Waals surface area contributed by atoms with Crippen LogP contribution in [0.2, 0.25) is 0 Å². The van der Waals surface area contributed by atoms with E-state index in [1.54, 1.807) is 29.2 Å². The van der Waals surface area contributed by atoms with E-state index in [1.807, 2.05) is 19.1 Å². The van der Waals surface area contributed by atoms with Gasteiger partial charge in [0.2, 0.25) is 0 Å². The van der Waals surface area contributed by atoms with E-state index in [-0.39, 0.29) is 18.5 Å². The van der Waals surface area contributed by atoms with Crippen molar-refractivity contribution < 1.29 is 19.1 Å². The van der Waals surface area contributed by atoms with Crippen LogP contribution >= 0.6 is 15.9 Å². The van der Waals surface area contributed by atoms with Gasteiger partial charge in [0.1, 0.15) is 4.60 Å². The summed E-state index contributed by atoms with van der Waals surface area (Å²) in [6.45, 7) is 2.68. The summed E-state index contributed by atoms with van der Waals surface area (Å²) in [7, 11) is 0. The molecule has 2 heterocycles. The minimum absolute atomic E-state index is 0.0161. The second-order valence-electron chi connectivity index (χ2n) is 5.56. The number of hydrogen-bond donors (Lipinski definition) is 0. The highest BCUT2D eigenvalue weighted by atomic mass is 79.9. The number of aromatic nitrogens is 1. The Morgan fingerprint density at radius 1 is 1.28 bits per heavy atom. The summed E-state index contributed by atoms with van der Waals surface area (Å²) in [6, 6.07) is 10.6. The number of rotatable bonds is 5. The van der Waals surface area contributed by atoms with E-state index in [4.69, 9.17) is 9.47 Å². The van der Waals surface area contributed by atoms with Gasteiger partial charge in [-0.3, -0.25) is 9.69 Å². The van der Waals surface area contributed by atoms with Gasteiger partial charge in [0.25, 0.3) is 5.91 Å². The summed E-state index contributed by atoms with van der Waals surface area (Å²) in [5.41, 5.74) is 1.38. The number of hydrogen-bond acceptors (Lipinski definition) is 5. The van der Waals surface area contributed by atoms with Crippen LogP contribution in [0.15, 0.2) is 41.0 Å². The monoisotopic (exact) mass is 404 g/mol. The number of halogens is 1. The Bertz CT molecular complexity index is 792. The molecule has 1 aliphatic heterocycles. The molecule has 0 N–H and O–H groups in total. The van der Waals surface area contributed by atoms with E-state index in [1.165, 1.54) is 0 Å². The fourth-order valence-corrected chi connectivity index (χ4v) is 2.72. The minimum atomic E-state index is -0.341. The van der Waals surface area contributed by atoms with Crippen molar-refractivity contribution in [2.24, 2.45) is 0 Å². The molecule has 0 saturated carbocycles. The molecule has 1 aromatic heterocycles. The lowest BCUT2D eigenvalue weighted by Gasteiger charge is -2.28. The van der Waals surface area contributed by atoms with Crippen molar-refractivity contribution in [3.63, 3.8) is 0 Å². The molecule has 6 nitrogen and oxygen atoms in total. The molecule has 0 saturated heterocycles. The molecule has 0 unspecified atom stereocenters. The van der Waals surface area contributed by atoms with Crippen LogP contribution in [0.5, 0.6) is 5.75 Å². The number of nitrogens with zero attached hydrogens (tertiary/aromatic N) is 2. The Balaban J connectivity index is 1.77. The van der Waals surface area contributed by atoms with Gasteiger partial charge in [0.15, 0.2) is 18.2 Å². The number of ether oxygens (including phenoxy) is 2. The van der Waals surface area contributed by atoms with E-state index in [0.717, 1.165) is 12.0 Å². The lowest BCUT2D eigenvalue weighted by Crippen LogP contribution is -2.38. The Morgan fingerprint density at radius 2 is 2.04 bits per heavy atom. The van der Waals surface area contributed by atoms with Crippen LogP contribution in [0.3, 0.4) is 0 Å². The van der Waals surface area contributed by atoms with Crippen LogP contribution < -0.4 is 9.64 Å². The molecule has 0 fully saturated rings. The van der Waals surface area contributed by atoms with Crippen molar-refractivity contribution in [1.82, 2.24) is 4.98 Å². The second-order valence-corrected chi connectivity index (χ2v) is 6.37. The van der Waals surface area contributed by atoms with Crippen LogP contribution in [0.1, 0.15) is 29.3 Å². The molecule has 130 valence electrons. The number of fused-ring (bicyclic) bond motifs is 1. The Hall–Kier alpha value is -2.41. The van der Waals surface area contributed by atoms with Gasteiger partial charge in [-0.25, -0.2) is 9.78 Å². The number of esters is 1. The van der Waals surface area contributed by atoms with Gasteiger partial charge in [0.05, 0.1) is 18.7 Å². The third-order valence-electron chi connectivity index (χ3n) is 3.68. The Labute approximate surface area is 153 Å². The third kappa shape index (κ3) is 3.99. The van der Waals surface area contributed by atoms with Gasteiger partial charge in [-0.1, -0.05) is 19.1 Å². The minimum Gasteiger partial charge on any atom is -0.480 e. The fraction of sp³-hybridized carbons (Fsp3) is 0.278. The van der Waals surface area contributed by atoms with Gasteiger partial charge < -0.3 is 9.47 Å². The lowest BCUT2D eigenvalue weighted by atomic mass is 10.1. The van der Waals surface area contributed by atoms with Gasteiger partial charge in [0, 0.05) is 0 Å². The summed E-state index contributed by atoms with van der Waals surface area (Å²) in [5.74, 6) is 0.552. The Morgan fingerprint density at radius 3 is 2.76 bits per heavy atom. The van der Waals surface area contributed by atoms with E-state index < -0.39 is 0 Å². The zero-order valence-electron chi connectivity index (χ0n) is 13.7. The molecule has 0 bridgehead atoms. The molecule has 7 heteroatoms. The highest BCUT2D eigenvalue weighted by molar-refractivity contribution is 9.10. The van der Waals surface area contributed by atoms with E-state index in [9.17, 15) is 9.59 Å². The molecule has 0 spiro atoms. The maximum Gasteiger partial charge on any atom is 0.338 e. The molecule has 25 heavy (non-hydrogen) atoms. The average Bonchev–Trinajstić information content (AvgIpc) is 2.62. The van der Waals surface area contributed by atoms with Crippen molar-refractivity contribution in [2.75, 3.05) is 18.1 Å². The predicted molar refractivity (Wildman–Crippen MR) is 95.6 cm³/mol. The van der Waals surface area contributed by atoms with Crippen LogP contribution in [0.25, 0.3) is 0 Å². The quantitative estimate of drug-likeness (QED) is 0.564. The van der Waals surface area contributed by atoms with Crippen LogP contribution in [-0.4, -0.2) is 30.1 Å². The number of amides is 1. The van der Waals surface area contributed by atoms with Crippen LogP contribution in [0, 0.1) is 0 Å². The zero-order valence-corrected chi connectivity index (χ0v) is 15.3. The Kier molecular flexibility index (Phi) is 5.33. The molecule has 0 radical (unpaired) electrons. The first kappa shape index (κ1) is 17.4. The largest absolute Gasteiger partial charge is 0.480 e. The summed E-state index contributed by atoms with van der Waals surface area (Å²) in [4.78, 5) is 30.0. The maximum atomic E-state index is 12.2. The number of carbonyl (C=O) groups is 2. The topological polar surface area (TPSA) is 68.7 Å². The molecule has 0 aliphatic carbocycles. The number of anilines is 1. The van der Waals surface area contributed by atoms with E-state index in [2.05, 4.69) is 20.9 Å². The molecule has 0 atom stereocenters. The number of benzene rings is 1. The SMILES string of the molecule is CCCOC(=O)c1ccc(CN2C(=O)COc3ccc(Br)nc32)cc1. The highest BCUT2D eigenvalue weighted by Gasteiger charge is 2.27. The highest BCUT2D eigenvalue weighted by Crippen LogP contribution is 2.32. The summed E-state index contributed by atoms with van der Waals surface area (Å²) < 4.78 is 11.1. The molecule has 1 aromatic carbocycles. The normalized spacial score (nSPS) is 13.2. The summed E-state index contributed by atoms with van der Waals surface area (Å²) in [5, 5.41) is 0. The standard InChI is InChI=1S/C18H17BrN2O4/c1-2-9-24-18(23)13-5-3-12(4-6-13)10-21-16(22)11-25-14-7-8-15(19)20-17(14)21/h3-8H,2,9-11H2,1H3. The average molecular weight is 405 g/mol. The smallest absolute Gasteiger partial charge is 0.338 e. The zero-order chi connectivity index (χ0) is 17.8. The first-order chi connectivity index (χ1) is 12.1. The molecule has 1 amide bonds. The molecule has 2 aromatic rings. The van der Waals surface area contributed by atoms with Crippen molar-refractivity contribution in [1.29, 1.82) is 0 Å².